The molecule has 0 saturated carbocycles. The van der Waals surface area contributed by atoms with E-state index in [1.54, 1.807) is 40.1 Å². The van der Waals surface area contributed by atoms with Gasteiger partial charge < -0.3 is 14.7 Å². The molecule has 5 heterocycles. The van der Waals surface area contributed by atoms with E-state index in [9.17, 15) is 14.7 Å². The SMILES string of the molecule is O=C(O)c1cc2c(s1)C1(CCN(C(=O)c3cnn4cccnc34)CC1)OCC2. The van der Waals surface area contributed by atoms with Crippen LogP contribution < -0.4 is 0 Å². The number of likely N-dealkylation sites (tertiary alicyclic amines) is 1. The lowest BCUT2D eigenvalue weighted by Gasteiger charge is -2.43. The lowest BCUT2D eigenvalue weighted by atomic mass is 9.85. The van der Waals surface area contributed by atoms with Crippen molar-refractivity contribution in [3.8, 4) is 0 Å². The molecule has 3 aromatic heterocycles. The number of rotatable bonds is 2. The number of nitrogens with zero attached hydrogens (tertiary/aromatic N) is 4. The number of carbonyl (C=O) groups is 2. The summed E-state index contributed by atoms with van der Waals surface area (Å²) in [5, 5.41) is 13.5. The van der Waals surface area contributed by atoms with Gasteiger partial charge in [-0.25, -0.2) is 14.3 Å². The van der Waals surface area contributed by atoms with Crippen LogP contribution in [0, 0.1) is 0 Å². The largest absolute Gasteiger partial charge is 0.477 e. The van der Waals surface area contributed by atoms with Crippen LogP contribution in [-0.4, -0.2) is 56.2 Å². The maximum Gasteiger partial charge on any atom is 0.345 e. The van der Waals surface area contributed by atoms with Gasteiger partial charge in [0.05, 0.1) is 12.8 Å². The first-order chi connectivity index (χ1) is 13.6. The number of hydrogen-bond acceptors (Lipinski definition) is 6. The number of piperidine rings is 1. The Morgan fingerprint density at radius 3 is 2.89 bits per heavy atom. The molecular weight excluding hydrogens is 380 g/mol. The molecule has 5 rings (SSSR count). The molecule has 0 radical (unpaired) electrons. The summed E-state index contributed by atoms with van der Waals surface area (Å²) in [7, 11) is 0. The van der Waals surface area contributed by atoms with Crippen LogP contribution in [0.2, 0.25) is 0 Å². The number of thiophene rings is 1. The first-order valence-electron chi connectivity index (χ1n) is 9.15. The van der Waals surface area contributed by atoms with Gasteiger partial charge in [-0.3, -0.25) is 4.79 Å². The molecular formula is C19H18N4O4S. The maximum atomic E-state index is 13.0. The van der Waals surface area contributed by atoms with Gasteiger partial charge in [0, 0.05) is 30.4 Å². The molecule has 1 spiro atoms. The third-order valence-electron chi connectivity index (χ3n) is 5.55. The Hall–Kier alpha value is -2.78. The van der Waals surface area contributed by atoms with E-state index < -0.39 is 11.6 Å². The van der Waals surface area contributed by atoms with Crippen LogP contribution >= 0.6 is 11.3 Å². The number of carboxylic acids is 1. The highest BCUT2D eigenvalue weighted by Gasteiger charge is 2.43. The van der Waals surface area contributed by atoms with Crippen molar-refractivity contribution < 1.29 is 19.4 Å². The van der Waals surface area contributed by atoms with Crippen molar-refractivity contribution in [3.63, 3.8) is 0 Å². The van der Waals surface area contributed by atoms with Gasteiger partial charge in [0.15, 0.2) is 5.65 Å². The lowest BCUT2D eigenvalue weighted by molar-refractivity contribution is -0.0906. The molecule has 0 atom stereocenters. The number of fused-ring (bicyclic) bond motifs is 3. The van der Waals surface area contributed by atoms with Gasteiger partial charge in [-0.1, -0.05) is 0 Å². The van der Waals surface area contributed by atoms with Gasteiger partial charge >= 0.3 is 5.97 Å². The van der Waals surface area contributed by atoms with Crippen molar-refractivity contribution in [2.75, 3.05) is 19.7 Å². The minimum Gasteiger partial charge on any atom is -0.477 e. The summed E-state index contributed by atoms with van der Waals surface area (Å²) in [5.74, 6) is -0.986. The van der Waals surface area contributed by atoms with E-state index in [2.05, 4.69) is 10.1 Å². The zero-order chi connectivity index (χ0) is 19.3. The second-order valence-corrected chi connectivity index (χ2v) is 8.15. The fraction of sp³-hybridized carbons (Fsp3) is 0.368. The molecule has 2 aliphatic rings. The quantitative estimate of drug-likeness (QED) is 0.711. The summed E-state index contributed by atoms with van der Waals surface area (Å²) in [5.41, 5.74) is 1.63. The molecule has 144 valence electrons. The van der Waals surface area contributed by atoms with Crippen molar-refractivity contribution in [1.29, 1.82) is 0 Å². The number of amides is 1. The predicted molar refractivity (Wildman–Crippen MR) is 101 cm³/mol. The number of ether oxygens (including phenoxy) is 1. The number of carboxylic acid groups (broad SMARTS) is 1. The van der Waals surface area contributed by atoms with Crippen molar-refractivity contribution in [2.24, 2.45) is 0 Å². The van der Waals surface area contributed by atoms with Crippen molar-refractivity contribution >= 4 is 28.9 Å². The molecule has 0 aromatic carbocycles. The van der Waals surface area contributed by atoms with Gasteiger partial charge in [-0.2, -0.15) is 5.10 Å². The number of hydrogen-bond donors (Lipinski definition) is 1. The highest BCUT2D eigenvalue weighted by atomic mass is 32.1. The number of carbonyl (C=O) groups excluding carboxylic acids is 1. The third kappa shape index (κ3) is 2.61. The van der Waals surface area contributed by atoms with E-state index in [0.717, 1.165) is 16.9 Å². The van der Waals surface area contributed by atoms with Gasteiger partial charge in [-0.15, -0.1) is 11.3 Å². The average molecular weight is 398 g/mol. The van der Waals surface area contributed by atoms with Gasteiger partial charge in [0.2, 0.25) is 0 Å². The smallest absolute Gasteiger partial charge is 0.345 e. The van der Waals surface area contributed by atoms with Crippen LogP contribution in [0.5, 0.6) is 0 Å². The monoisotopic (exact) mass is 398 g/mol. The van der Waals surface area contributed by atoms with Gasteiger partial charge in [-0.05, 0) is 37.0 Å². The lowest BCUT2D eigenvalue weighted by Crippen LogP contribution is -2.47. The van der Waals surface area contributed by atoms with Crippen molar-refractivity contribution in [1.82, 2.24) is 19.5 Å². The van der Waals surface area contributed by atoms with E-state index in [4.69, 9.17) is 4.74 Å². The number of aromatic carboxylic acids is 1. The second-order valence-electron chi connectivity index (χ2n) is 7.10. The molecule has 28 heavy (non-hydrogen) atoms. The Labute approximate surface area is 164 Å². The summed E-state index contributed by atoms with van der Waals surface area (Å²) in [6.45, 7) is 1.67. The average Bonchev–Trinajstić information content (AvgIpc) is 3.34. The predicted octanol–water partition coefficient (Wildman–Crippen LogP) is 2.19. The standard InChI is InChI=1S/C19H18N4O4S/c24-17(13-11-21-23-6-1-5-20-16(13)23)22-7-3-19(4-8-22)15-12(2-9-27-19)10-14(28-15)18(25)26/h1,5-6,10-11H,2-4,7-9H2,(H,25,26). The Morgan fingerprint density at radius 1 is 1.29 bits per heavy atom. The summed E-state index contributed by atoms with van der Waals surface area (Å²) in [6.07, 6.45) is 7.00. The van der Waals surface area contributed by atoms with E-state index in [0.29, 0.717) is 48.6 Å². The molecule has 2 aliphatic heterocycles. The summed E-state index contributed by atoms with van der Waals surface area (Å²) < 4.78 is 7.76. The third-order valence-corrected chi connectivity index (χ3v) is 6.90. The minimum absolute atomic E-state index is 0.0861. The summed E-state index contributed by atoms with van der Waals surface area (Å²) >= 11 is 1.31. The van der Waals surface area contributed by atoms with E-state index in [-0.39, 0.29) is 5.91 Å². The highest BCUT2D eigenvalue weighted by Crippen LogP contribution is 2.45. The number of aromatic nitrogens is 3. The summed E-state index contributed by atoms with van der Waals surface area (Å²) in [4.78, 5) is 31.8. The summed E-state index contributed by atoms with van der Waals surface area (Å²) in [6, 6.07) is 3.54. The Balaban J connectivity index is 1.38. The fourth-order valence-corrected chi connectivity index (χ4v) is 5.37. The molecule has 0 unspecified atom stereocenters. The topological polar surface area (TPSA) is 97.0 Å². The molecule has 0 bridgehead atoms. The van der Waals surface area contributed by atoms with Crippen LogP contribution in [0.3, 0.4) is 0 Å². The Kier molecular flexibility index (Phi) is 3.95. The van der Waals surface area contributed by atoms with Crippen LogP contribution in [0.1, 0.15) is 43.3 Å². The van der Waals surface area contributed by atoms with Crippen LogP contribution in [0.15, 0.2) is 30.7 Å². The van der Waals surface area contributed by atoms with E-state index in [1.807, 2.05) is 0 Å². The van der Waals surface area contributed by atoms with Crippen molar-refractivity contribution in [2.45, 2.75) is 24.9 Å². The molecule has 1 saturated heterocycles. The molecule has 1 N–H and O–H groups in total. The zero-order valence-electron chi connectivity index (χ0n) is 15.0. The second kappa shape index (κ2) is 6.39. The van der Waals surface area contributed by atoms with Crippen LogP contribution in [0.4, 0.5) is 0 Å². The minimum atomic E-state index is -0.900. The molecule has 8 nitrogen and oxygen atoms in total. The van der Waals surface area contributed by atoms with Gasteiger partial charge in [0.1, 0.15) is 16.0 Å². The molecule has 1 fully saturated rings. The van der Waals surface area contributed by atoms with E-state index >= 15 is 0 Å². The highest BCUT2D eigenvalue weighted by molar-refractivity contribution is 7.14. The first-order valence-corrected chi connectivity index (χ1v) is 9.97. The van der Waals surface area contributed by atoms with Crippen LogP contribution in [-0.2, 0) is 16.8 Å². The maximum absolute atomic E-state index is 13.0. The molecule has 1 amide bonds. The normalized spacial score (nSPS) is 18.4. The molecule has 3 aromatic rings. The Morgan fingerprint density at radius 2 is 2.11 bits per heavy atom. The Bertz CT molecular complexity index is 1080. The van der Waals surface area contributed by atoms with Gasteiger partial charge in [0.25, 0.3) is 5.91 Å². The van der Waals surface area contributed by atoms with Crippen molar-refractivity contribution in [3.05, 3.63) is 51.6 Å². The van der Waals surface area contributed by atoms with E-state index in [1.165, 1.54) is 11.3 Å². The van der Waals surface area contributed by atoms with Crippen LogP contribution in [0.25, 0.3) is 5.65 Å². The first kappa shape index (κ1) is 17.3. The molecule has 0 aliphatic carbocycles. The molecule has 9 heteroatoms. The fourth-order valence-electron chi connectivity index (χ4n) is 4.12. The zero-order valence-corrected chi connectivity index (χ0v) is 15.8.